The van der Waals surface area contributed by atoms with Crippen molar-refractivity contribution in [3.63, 3.8) is 0 Å². The van der Waals surface area contributed by atoms with Gasteiger partial charge in [-0.15, -0.1) is 0 Å². The quantitative estimate of drug-likeness (QED) is 0.0489. The van der Waals surface area contributed by atoms with Gasteiger partial charge in [-0.25, -0.2) is 0 Å². The van der Waals surface area contributed by atoms with Crippen molar-refractivity contribution in [1.82, 2.24) is 0 Å². The first kappa shape index (κ1) is 61.9. The fourth-order valence-electron chi connectivity index (χ4n) is 10.2. The van der Waals surface area contributed by atoms with E-state index in [1.54, 1.807) is 0 Å². The average molecular weight is 952 g/mol. The molecule has 0 N–H and O–H groups in total. The molecule has 0 saturated heterocycles. The third kappa shape index (κ3) is 27.8. The Balaban J connectivity index is 2.40. The summed E-state index contributed by atoms with van der Waals surface area (Å²) in [6, 6.07) is 20.6. The van der Waals surface area contributed by atoms with Crippen LogP contribution >= 0.6 is 7.28 Å². The molecule has 2 rings (SSSR count). The van der Waals surface area contributed by atoms with Crippen LogP contribution in [0.2, 0.25) is 0 Å². The number of rotatable bonds is 50. The Labute approximate surface area is 419 Å². The standard InChI is InChI=1S/C63H115O3P/c1-7-11-15-19-23-27-31-35-39-46-56-64-67(59-49-42-38-34-30-26-22-18-14-10-4,65-57-47-40-36-32-28-24-20-16-12-8-2,66-58-48-41-37-33-29-25-21-17-13-9-3)62-54-52-61(53-55-62)63(5,6)60-50-44-43-45-51-60/h43-45,50-55H,7-42,46-49,56-59H2,1-6H3. The Morgan fingerprint density at radius 2 is 0.552 bits per heavy atom. The van der Waals surface area contributed by atoms with Gasteiger partial charge in [0.05, 0.1) is 0 Å². The van der Waals surface area contributed by atoms with Gasteiger partial charge in [0.25, 0.3) is 0 Å². The van der Waals surface area contributed by atoms with Crippen LogP contribution in [0.25, 0.3) is 0 Å². The molecule has 0 aliphatic heterocycles. The monoisotopic (exact) mass is 951 g/mol. The van der Waals surface area contributed by atoms with Gasteiger partial charge in [0.2, 0.25) is 0 Å². The second kappa shape index (κ2) is 41.4. The van der Waals surface area contributed by atoms with Crippen LogP contribution in [0.15, 0.2) is 54.6 Å². The maximum atomic E-state index is 7.64. The second-order valence-corrected chi connectivity index (χ2v) is 25.4. The fraction of sp³-hybridized carbons (Fsp3) is 0.810. The zero-order valence-corrected chi connectivity index (χ0v) is 46.9. The van der Waals surface area contributed by atoms with Crippen LogP contribution < -0.4 is 5.30 Å². The van der Waals surface area contributed by atoms with E-state index in [0.29, 0.717) is 0 Å². The van der Waals surface area contributed by atoms with Crippen molar-refractivity contribution in [2.24, 2.45) is 0 Å². The molecule has 0 aliphatic rings. The van der Waals surface area contributed by atoms with E-state index in [9.17, 15) is 0 Å². The molecule has 0 unspecified atom stereocenters. The van der Waals surface area contributed by atoms with E-state index in [4.69, 9.17) is 13.6 Å². The molecule has 0 atom stereocenters. The number of hydrogen-bond donors (Lipinski definition) is 0. The van der Waals surface area contributed by atoms with Gasteiger partial charge < -0.3 is 0 Å². The normalized spacial score (nSPS) is 12.8. The number of hydrogen-bond acceptors (Lipinski definition) is 3. The van der Waals surface area contributed by atoms with Gasteiger partial charge in [0.15, 0.2) is 0 Å². The molecular formula is C63H115O3P. The summed E-state index contributed by atoms with van der Waals surface area (Å²) in [6.45, 7) is 16.2. The molecule has 4 heteroatoms. The van der Waals surface area contributed by atoms with Crippen molar-refractivity contribution in [2.45, 2.75) is 304 Å². The van der Waals surface area contributed by atoms with E-state index in [2.05, 4.69) is 96.1 Å². The molecule has 0 aliphatic carbocycles. The van der Waals surface area contributed by atoms with E-state index < -0.39 is 7.28 Å². The molecule has 0 amide bonds. The Bertz CT molecular complexity index is 1270. The molecule has 0 radical (unpaired) electrons. The summed E-state index contributed by atoms with van der Waals surface area (Å²) in [5.74, 6) is 0. The molecule has 0 heterocycles. The Morgan fingerprint density at radius 3 is 0.851 bits per heavy atom. The SMILES string of the molecule is CCCCCCCCCCCCOP(CCCCCCCCCCCC)(OCCCCCCCCCCCC)(OCCCCCCCCCCCC)c1ccc(C(C)(C)c2ccccc2)cc1. The molecule has 390 valence electrons. The Kier molecular flexibility index (Phi) is 38.2. The summed E-state index contributed by atoms with van der Waals surface area (Å²) in [4.78, 5) is 0. The van der Waals surface area contributed by atoms with Crippen LogP contribution in [0.1, 0.15) is 310 Å². The van der Waals surface area contributed by atoms with Gasteiger partial charge in [-0.1, -0.05) is 20.8 Å². The van der Waals surface area contributed by atoms with Crippen molar-refractivity contribution >= 4 is 12.6 Å². The van der Waals surface area contributed by atoms with E-state index in [-0.39, 0.29) is 5.41 Å². The van der Waals surface area contributed by atoms with E-state index in [1.165, 1.54) is 248 Å². The summed E-state index contributed by atoms with van der Waals surface area (Å²) in [5, 5.41) is 1.20. The van der Waals surface area contributed by atoms with Gasteiger partial charge in [-0.05, 0) is 0 Å². The summed E-state index contributed by atoms with van der Waals surface area (Å²) in [5.41, 5.74) is 2.56. The van der Waals surface area contributed by atoms with Crippen molar-refractivity contribution in [3.05, 3.63) is 65.7 Å². The molecular weight excluding hydrogens is 836 g/mol. The summed E-state index contributed by atoms with van der Waals surface area (Å²) in [6.07, 6.45) is 53.7. The van der Waals surface area contributed by atoms with Crippen molar-refractivity contribution < 1.29 is 13.6 Å². The van der Waals surface area contributed by atoms with Crippen molar-refractivity contribution in [2.75, 3.05) is 26.0 Å². The first-order valence-corrected chi connectivity index (χ1v) is 32.2. The van der Waals surface area contributed by atoms with Crippen LogP contribution in [0.5, 0.6) is 0 Å². The summed E-state index contributed by atoms with van der Waals surface area (Å²) in [7, 11) is -3.78. The van der Waals surface area contributed by atoms with Crippen molar-refractivity contribution in [3.8, 4) is 0 Å². The Hall–Kier alpha value is -1.25. The maximum absolute atomic E-state index is 7.64. The van der Waals surface area contributed by atoms with Gasteiger partial charge in [0, 0.05) is 0 Å². The molecule has 67 heavy (non-hydrogen) atoms. The second-order valence-electron chi connectivity index (χ2n) is 21.5. The van der Waals surface area contributed by atoms with Crippen LogP contribution in [0, 0.1) is 0 Å². The third-order valence-electron chi connectivity index (χ3n) is 15.0. The number of benzene rings is 2. The van der Waals surface area contributed by atoms with Crippen LogP contribution in [-0.4, -0.2) is 26.0 Å². The minimum absolute atomic E-state index is 0.114. The Morgan fingerprint density at radius 1 is 0.299 bits per heavy atom. The third-order valence-corrected chi connectivity index (χ3v) is 19.5. The molecule has 0 spiro atoms. The van der Waals surface area contributed by atoms with Gasteiger partial charge in [-0.2, -0.15) is 0 Å². The van der Waals surface area contributed by atoms with E-state index in [0.717, 1.165) is 51.7 Å². The van der Waals surface area contributed by atoms with E-state index in [1.807, 2.05) is 0 Å². The van der Waals surface area contributed by atoms with Gasteiger partial charge >= 0.3 is 401 Å². The topological polar surface area (TPSA) is 27.7 Å². The zero-order valence-electron chi connectivity index (χ0n) is 46.0. The molecule has 2 aromatic carbocycles. The summed E-state index contributed by atoms with van der Waals surface area (Å²) < 4.78 is 22.9. The first-order valence-electron chi connectivity index (χ1n) is 30.0. The predicted molar refractivity (Wildman–Crippen MR) is 302 cm³/mol. The van der Waals surface area contributed by atoms with Crippen LogP contribution in [-0.2, 0) is 19.0 Å². The molecule has 0 aromatic heterocycles. The molecule has 0 fully saturated rings. The minimum atomic E-state index is -3.78. The average Bonchev–Trinajstić information content (AvgIpc) is 3.35. The summed E-state index contributed by atoms with van der Waals surface area (Å²) >= 11 is 0. The molecule has 3 nitrogen and oxygen atoms in total. The zero-order chi connectivity index (χ0) is 48.3. The molecule has 2 aromatic rings. The first-order chi connectivity index (χ1) is 32.9. The van der Waals surface area contributed by atoms with E-state index >= 15 is 0 Å². The van der Waals surface area contributed by atoms with Crippen molar-refractivity contribution in [1.29, 1.82) is 0 Å². The molecule has 0 saturated carbocycles. The van der Waals surface area contributed by atoms with Gasteiger partial charge in [0.1, 0.15) is 0 Å². The number of unbranched alkanes of at least 4 members (excludes halogenated alkanes) is 36. The fourth-order valence-corrected chi connectivity index (χ4v) is 14.5. The van der Waals surface area contributed by atoms with Crippen LogP contribution in [0.4, 0.5) is 0 Å². The van der Waals surface area contributed by atoms with Gasteiger partial charge in [-0.3, -0.25) is 0 Å². The van der Waals surface area contributed by atoms with Crippen LogP contribution in [0.3, 0.4) is 0 Å². The predicted octanol–water partition coefficient (Wildman–Crippen LogP) is 21.7. The molecule has 0 bridgehead atoms.